The minimum Gasteiger partial charge on any atom is -0.394 e. The summed E-state index contributed by atoms with van der Waals surface area (Å²) in [5.41, 5.74) is -0.462. The molecule has 4 atom stereocenters. The molecule has 4 unspecified atom stereocenters. The van der Waals surface area contributed by atoms with Crippen LogP contribution < -0.4 is 0 Å². The largest absolute Gasteiger partial charge is 0.416 e. The third-order valence-electron chi connectivity index (χ3n) is 4.77. The molecule has 0 bridgehead atoms. The summed E-state index contributed by atoms with van der Waals surface area (Å²) in [4.78, 5) is 14.3. The summed E-state index contributed by atoms with van der Waals surface area (Å²) in [6.07, 6.45) is -4.41. The molecule has 3 rings (SSSR count). The van der Waals surface area contributed by atoms with E-state index < -0.39 is 29.7 Å². The number of amides is 1. The number of rotatable bonds is 3. The molecule has 1 saturated carbocycles. The molecule has 7 heteroatoms. The summed E-state index contributed by atoms with van der Waals surface area (Å²) in [5, 5.41) is 9.20. The molecule has 1 amide bonds. The van der Waals surface area contributed by atoms with Crippen LogP contribution in [0.25, 0.3) is 0 Å². The van der Waals surface area contributed by atoms with E-state index in [2.05, 4.69) is 0 Å². The Labute approximate surface area is 138 Å². The number of carbonyl (C=O) groups is 1. The number of aliphatic hydroxyl groups excluding tert-OH is 1. The van der Waals surface area contributed by atoms with Gasteiger partial charge in [-0.2, -0.15) is 13.2 Å². The van der Waals surface area contributed by atoms with Crippen LogP contribution >= 0.6 is 0 Å². The Morgan fingerprint density at radius 3 is 2.75 bits per heavy atom. The van der Waals surface area contributed by atoms with Gasteiger partial charge < -0.3 is 14.7 Å². The van der Waals surface area contributed by atoms with Crippen LogP contribution in [-0.4, -0.2) is 47.8 Å². The van der Waals surface area contributed by atoms with Crippen LogP contribution in [0.3, 0.4) is 0 Å². The topological polar surface area (TPSA) is 49.8 Å². The van der Waals surface area contributed by atoms with Crippen molar-refractivity contribution in [2.24, 2.45) is 5.92 Å². The molecule has 24 heavy (non-hydrogen) atoms. The molecular weight excluding hydrogens is 323 g/mol. The van der Waals surface area contributed by atoms with Gasteiger partial charge in [0.2, 0.25) is 5.91 Å². The van der Waals surface area contributed by atoms with Crippen molar-refractivity contribution >= 4 is 5.91 Å². The lowest BCUT2D eigenvalue weighted by atomic mass is 10.0. The van der Waals surface area contributed by atoms with Crippen molar-refractivity contribution in [3.63, 3.8) is 0 Å². The second-order valence-corrected chi connectivity index (χ2v) is 6.51. The van der Waals surface area contributed by atoms with Crippen molar-refractivity contribution < 1.29 is 27.8 Å². The predicted octanol–water partition coefficient (Wildman–Crippen LogP) is 2.42. The fourth-order valence-electron chi connectivity index (χ4n) is 3.34. The van der Waals surface area contributed by atoms with Gasteiger partial charge in [0.25, 0.3) is 0 Å². The van der Waals surface area contributed by atoms with Crippen molar-refractivity contribution in [1.29, 1.82) is 0 Å². The van der Waals surface area contributed by atoms with E-state index >= 15 is 0 Å². The highest BCUT2D eigenvalue weighted by Gasteiger charge is 2.50. The van der Waals surface area contributed by atoms with Gasteiger partial charge >= 0.3 is 6.18 Å². The number of carbonyl (C=O) groups excluding carboxylic acids is 1. The van der Waals surface area contributed by atoms with E-state index in [0.717, 1.165) is 6.07 Å². The Bertz CT molecular complexity index is 619. The van der Waals surface area contributed by atoms with Crippen LogP contribution in [0.4, 0.5) is 13.2 Å². The second kappa shape index (κ2) is 6.37. The molecular formula is C17H20F3NO3. The minimum absolute atomic E-state index is 0.139. The summed E-state index contributed by atoms with van der Waals surface area (Å²) in [6, 6.07) is 5.32. The molecule has 1 aliphatic heterocycles. The molecule has 2 aliphatic rings. The van der Waals surface area contributed by atoms with Crippen molar-refractivity contribution in [3.05, 3.63) is 35.4 Å². The van der Waals surface area contributed by atoms with E-state index in [0.29, 0.717) is 13.0 Å². The highest BCUT2D eigenvalue weighted by atomic mass is 19.4. The van der Waals surface area contributed by atoms with Gasteiger partial charge in [-0.15, -0.1) is 0 Å². The van der Waals surface area contributed by atoms with Crippen molar-refractivity contribution in [2.75, 3.05) is 19.8 Å². The average molecular weight is 343 g/mol. The monoisotopic (exact) mass is 343 g/mol. The van der Waals surface area contributed by atoms with Crippen molar-refractivity contribution in [1.82, 2.24) is 4.90 Å². The quantitative estimate of drug-likeness (QED) is 0.917. The lowest BCUT2D eigenvalue weighted by Gasteiger charge is -2.37. The number of ether oxygens (including phenoxy) is 1. The fourth-order valence-corrected chi connectivity index (χ4v) is 3.34. The number of hydrogen-bond donors (Lipinski definition) is 1. The summed E-state index contributed by atoms with van der Waals surface area (Å²) >= 11 is 0. The number of morpholine rings is 1. The van der Waals surface area contributed by atoms with Gasteiger partial charge in [0.15, 0.2) is 0 Å². The van der Waals surface area contributed by atoms with E-state index in [1.807, 2.05) is 6.92 Å². The van der Waals surface area contributed by atoms with E-state index in [1.165, 1.54) is 12.1 Å². The third-order valence-corrected chi connectivity index (χ3v) is 4.77. The first kappa shape index (κ1) is 17.2. The lowest BCUT2D eigenvalue weighted by molar-refractivity contribution is -0.148. The zero-order chi connectivity index (χ0) is 17.5. The van der Waals surface area contributed by atoms with Crippen molar-refractivity contribution in [2.45, 2.75) is 37.6 Å². The van der Waals surface area contributed by atoms with Gasteiger partial charge in [-0.3, -0.25) is 4.79 Å². The van der Waals surface area contributed by atoms with Crippen LogP contribution in [0.15, 0.2) is 24.3 Å². The first-order valence-electron chi connectivity index (χ1n) is 8.02. The maximum atomic E-state index is 13.1. The van der Waals surface area contributed by atoms with Crippen LogP contribution in [0.1, 0.15) is 30.4 Å². The molecule has 1 aliphatic carbocycles. The molecule has 4 nitrogen and oxygen atoms in total. The number of alkyl halides is 3. The van der Waals surface area contributed by atoms with Gasteiger partial charge in [-0.25, -0.2) is 0 Å². The molecule has 1 N–H and O–H groups in total. The molecule has 1 aromatic rings. The van der Waals surface area contributed by atoms with Gasteiger partial charge in [0.1, 0.15) is 0 Å². The Balaban J connectivity index is 1.75. The predicted molar refractivity (Wildman–Crippen MR) is 80.3 cm³/mol. The van der Waals surface area contributed by atoms with Crippen LogP contribution in [0.2, 0.25) is 0 Å². The summed E-state index contributed by atoms with van der Waals surface area (Å²) in [6.45, 7) is 2.27. The standard InChI is InChI=1S/C17H20F3NO3/c1-10-9-24-11(8-22)7-21(10)16(23)14-6-13(14)12-4-2-3-5-15(12)17(18,19)20/h2-5,10-11,13-14,22H,6-9H2,1H3. The Morgan fingerprint density at radius 2 is 2.08 bits per heavy atom. The molecule has 1 heterocycles. The summed E-state index contributed by atoms with van der Waals surface area (Å²) < 4.78 is 44.8. The molecule has 0 aromatic heterocycles. The zero-order valence-corrected chi connectivity index (χ0v) is 13.3. The molecule has 1 saturated heterocycles. The second-order valence-electron chi connectivity index (χ2n) is 6.51. The smallest absolute Gasteiger partial charge is 0.394 e. The fraction of sp³-hybridized carbons (Fsp3) is 0.588. The van der Waals surface area contributed by atoms with E-state index in [4.69, 9.17) is 4.74 Å². The Morgan fingerprint density at radius 1 is 1.38 bits per heavy atom. The summed E-state index contributed by atoms with van der Waals surface area (Å²) in [5.74, 6) is -0.961. The van der Waals surface area contributed by atoms with Crippen molar-refractivity contribution in [3.8, 4) is 0 Å². The Kier molecular flexibility index (Phi) is 4.57. The van der Waals surface area contributed by atoms with Gasteiger partial charge in [0.05, 0.1) is 30.9 Å². The van der Waals surface area contributed by atoms with Crippen LogP contribution in [-0.2, 0) is 15.7 Å². The number of benzene rings is 1. The van der Waals surface area contributed by atoms with Crippen LogP contribution in [0, 0.1) is 5.92 Å². The number of nitrogens with zero attached hydrogens (tertiary/aromatic N) is 1. The summed E-state index contributed by atoms with van der Waals surface area (Å²) in [7, 11) is 0. The van der Waals surface area contributed by atoms with Gasteiger partial charge in [0, 0.05) is 12.5 Å². The number of halogens is 3. The van der Waals surface area contributed by atoms with Crippen LogP contribution in [0.5, 0.6) is 0 Å². The average Bonchev–Trinajstić information content (AvgIpc) is 3.34. The minimum atomic E-state index is -4.42. The first-order chi connectivity index (χ1) is 11.3. The highest BCUT2D eigenvalue weighted by Crippen LogP contribution is 2.52. The number of aliphatic hydroxyl groups is 1. The molecule has 132 valence electrons. The van der Waals surface area contributed by atoms with E-state index in [-0.39, 0.29) is 30.7 Å². The zero-order valence-electron chi connectivity index (χ0n) is 13.3. The first-order valence-corrected chi connectivity index (χ1v) is 8.02. The van der Waals surface area contributed by atoms with Gasteiger partial charge in [-0.05, 0) is 30.9 Å². The molecule has 1 aromatic carbocycles. The molecule has 2 fully saturated rings. The van der Waals surface area contributed by atoms with E-state index in [9.17, 15) is 23.1 Å². The maximum Gasteiger partial charge on any atom is 0.416 e. The highest BCUT2D eigenvalue weighted by molar-refractivity contribution is 5.83. The van der Waals surface area contributed by atoms with E-state index in [1.54, 1.807) is 11.0 Å². The molecule has 0 spiro atoms. The Hall–Kier alpha value is -1.60. The third kappa shape index (κ3) is 3.28. The normalized spacial score (nSPS) is 30.3. The number of hydrogen-bond acceptors (Lipinski definition) is 3. The van der Waals surface area contributed by atoms with Gasteiger partial charge in [-0.1, -0.05) is 18.2 Å². The SMILES string of the molecule is CC1COC(CO)CN1C(=O)C1CC1c1ccccc1C(F)(F)F. The lowest BCUT2D eigenvalue weighted by Crippen LogP contribution is -2.52. The maximum absolute atomic E-state index is 13.1. The molecule has 0 radical (unpaired) electrons.